The van der Waals surface area contributed by atoms with Gasteiger partial charge in [-0.05, 0) is 85.8 Å². The molecule has 4 saturated carbocycles. The van der Waals surface area contributed by atoms with E-state index in [0.29, 0.717) is 5.41 Å². The quantitative estimate of drug-likeness (QED) is 0.822. The highest BCUT2D eigenvalue weighted by Gasteiger charge is 2.51. The van der Waals surface area contributed by atoms with Crippen molar-refractivity contribution < 1.29 is 0 Å². The van der Waals surface area contributed by atoms with Crippen LogP contribution in [-0.2, 0) is 0 Å². The SMILES string of the molecule is NC(CC12CC3CC(CC(C3)C1)C2)c1ccc(Br)cc1. The molecule has 1 atom stereocenters. The Balaban J connectivity index is 1.52. The summed E-state index contributed by atoms with van der Waals surface area (Å²) in [5.74, 6) is 3.08. The van der Waals surface area contributed by atoms with Gasteiger partial charge in [-0.15, -0.1) is 0 Å². The van der Waals surface area contributed by atoms with Crippen LogP contribution in [0.3, 0.4) is 0 Å². The second kappa shape index (κ2) is 4.84. The van der Waals surface area contributed by atoms with Gasteiger partial charge in [0.05, 0.1) is 0 Å². The molecule has 2 N–H and O–H groups in total. The molecule has 108 valence electrons. The van der Waals surface area contributed by atoms with E-state index < -0.39 is 0 Å². The maximum Gasteiger partial charge on any atom is 0.0300 e. The van der Waals surface area contributed by atoms with Gasteiger partial charge in [0, 0.05) is 10.5 Å². The molecule has 0 saturated heterocycles. The molecular formula is C18H24BrN. The normalized spacial score (nSPS) is 40.0. The summed E-state index contributed by atoms with van der Waals surface area (Å²) in [6.45, 7) is 0. The minimum absolute atomic E-state index is 0.222. The number of nitrogens with two attached hydrogens (primary N) is 1. The average molecular weight is 334 g/mol. The first-order chi connectivity index (χ1) is 9.62. The van der Waals surface area contributed by atoms with Crippen molar-refractivity contribution in [1.29, 1.82) is 0 Å². The summed E-state index contributed by atoms with van der Waals surface area (Å²) in [4.78, 5) is 0. The van der Waals surface area contributed by atoms with Gasteiger partial charge in [0.25, 0.3) is 0 Å². The summed E-state index contributed by atoms with van der Waals surface area (Å²) >= 11 is 3.51. The fourth-order valence-electron chi connectivity index (χ4n) is 5.83. The van der Waals surface area contributed by atoms with Crippen LogP contribution in [0, 0.1) is 23.2 Å². The molecule has 0 heterocycles. The van der Waals surface area contributed by atoms with E-state index in [-0.39, 0.29) is 6.04 Å². The summed E-state index contributed by atoms with van der Waals surface area (Å²) in [5, 5.41) is 0. The Labute approximate surface area is 130 Å². The lowest BCUT2D eigenvalue weighted by molar-refractivity contribution is -0.0605. The third-order valence-electron chi connectivity index (χ3n) is 6.12. The van der Waals surface area contributed by atoms with Crippen LogP contribution < -0.4 is 5.73 Å². The number of hydrogen-bond donors (Lipinski definition) is 1. The fraction of sp³-hybridized carbons (Fsp3) is 0.667. The van der Waals surface area contributed by atoms with Crippen molar-refractivity contribution in [3.63, 3.8) is 0 Å². The molecule has 20 heavy (non-hydrogen) atoms. The van der Waals surface area contributed by atoms with Gasteiger partial charge in [0.15, 0.2) is 0 Å². The highest BCUT2D eigenvalue weighted by Crippen LogP contribution is 2.62. The third-order valence-corrected chi connectivity index (χ3v) is 6.64. The molecule has 0 amide bonds. The lowest BCUT2D eigenvalue weighted by atomic mass is 9.48. The summed E-state index contributed by atoms with van der Waals surface area (Å²) in [6.07, 6.45) is 10.2. The molecule has 4 aliphatic carbocycles. The monoisotopic (exact) mass is 333 g/mol. The van der Waals surface area contributed by atoms with Crippen molar-refractivity contribution in [2.24, 2.45) is 28.9 Å². The van der Waals surface area contributed by atoms with E-state index in [1.165, 1.54) is 50.5 Å². The zero-order valence-electron chi connectivity index (χ0n) is 12.0. The molecule has 0 spiro atoms. The highest BCUT2D eigenvalue weighted by molar-refractivity contribution is 9.10. The largest absolute Gasteiger partial charge is 0.324 e. The van der Waals surface area contributed by atoms with Crippen LogP contribution in [-0.4, -0.2) is 0 Å². The minimum atomic E-state index is 0.222. The van der Waals surface area contributed by atoms with Crippen molar-refractivity contribution in [3.05, 3.63) is 34.3 Å². The first-order valence-electron chi connectivity index (χ1n) is 8.13. The maximum absolute atomic E-state index is 6.55. The fourth-order valence-corrected chi connectivity index (χ4v) is 6.10. The summed E-state index contributed by atoms with van der Waals surface area (Å²) in [7, 11) is 0. The predicted octanol–water partition coefficient (Wildman–Crippen LogP) is 5.06. The second-order valence-electron chi connectivity index (χ2n) is 7.78. The molecule has 1 unspecified atom stereocenters. The molecule has 1 aromatic rings. The minimum Gasteiger partial charge on any atom is -0.324 e. The van der Waals surface area contributed by atoms with Crippen LogP contribution in [0.1, 0.15) is 56.6 Å². The number of hydrogen-bond acceptors (Lipinski definition) is 1. The molecule has 5 rings (SSSR count). The summed E-state index contributed by atoms with van der Waals surface area (Å²) < 4.78 is 1.14. The molecule has 1 aromatic carbocycles. The molecule has 0 radical (unpaired) electrons. The van der Waals surface area contributed by atoms with Crippen LogP contribution in [0.5, 0.6) is 0 Å². The van der Waals surface area contributed by atoms with E-state index in [1.807, 2.05) is 0 Å². The lowest BCUT2D eigenvalue weighted by Crippen LogP contribution is -2.47. The molecule has 4 bridgehead atoms. The van der Waals surface area contributed by atoms with Gasteiger partial charge < -0.3 is 5.73 Å². The molecule has 0 aromatic heterocycles. The van der Waals surface area contributed by atoms with E-state index in [1.54, 1.807) is 0 Å². The Bertz CT molecular complexity index is 457. The van der Waals surface area contributed by atoms with E-state index >= 15 is 0 Å². The van der Waals surface area contributed by atoms with E-state index in [2.05, 4.69) is 40.2 Å². The molecule has 4 fully saturated rings. The Hall–Kier alpha value is -0.340. The standard InChI is InChI=1S/C18H24BrN/c19-16-3-1-15(2-4-16)17(20)11-18-8-12-5-13(9-18)7-14(6-12)10-18/h1-4,12-14,17H,5-11,20H2. The number of benzene rings is 1. The van der Waals surface area contributed by atoms with Gasteiger partial charge >= 0.3 is 0 Å². The van der Waals surface area contributed by atoms with E-state index in [0.717, 1.165) is 22.2 Å². The maximum atomic E-state index is 6.55. The van der Waals surface area contributed by atoms with Crippen LogP contribution >= 0.6 is 15.9 Å². The first-order valence-corrected chi connectivity index (χ1v) is 8.92. The van der Waals surface area contributed by atoms with Crippen LogP contribution in [0.4, 0.5) is 0 Å². The number of rotatable bonds is 3. The van der Waals surface area contributed by atoms with Gasteiger partial charge in [-0.25, -0.2) is 0 Å². The first kappa shape index (κ1) is 13.3. The highest BCUT2D eigenvalue weighted by atomic mass is 79.9. The predicted molar refractivity (Wildman–Crippen MR) is 86.3 cm³/mol. The van der Waals surface area contributed by atoms with Gasteiger partial charge in [0.2, 0.25) is 0 Å². The van der Waals surface area contributed by atoms with E-state index in [4.69, 9.17) is 5.73 Å². The van der Waals surface area contributed by atoms with E-state index in [9.17, 15) is 0 Å². The van der Waals surface area contributed by atoms with Crippen molar-refractivity contribution in [3.8, 4) is 0 Å². The zero-order chi connectivity index (χ0) is 13.7. The molecule has 1 nitrogen and oxygen atoms in total. The third kappa shape index (κ3) is 2.35. The lowest BCUT2D eigenvalue weighted by Gasteiger charge is -2.57. The van der Waals surface area contributed by atoms with Gasteiger partial charge in [-0.1, -0.05) is 28.1 Å². The topological polar surface area (TPSA) is 26.0 Å². The van der Waals surface area contributed by atoms with Crippen molar-refractivity contribution in [1.82, 2.24) is 0 Å². The van der Waals surface area contributed by atoms with Crippen LogP contribution in [0.25, 0.3) is 0 Å². The average Bonchev–Trinajstić information content (AvgIpc) is 2.37. The molecule has 4 aliphatic rings. The molecular weight excluding hydrogens is 310 g/mol. The Morgan fingerprint density at radius 2 is 1.50 bits per heavy atom. The summed E-state index contributed by atoms with van der Waals surface area (Å²) in [6, 6.07) is 8.84. The Morgan fingerprint density at radius 3 is 2.00 bits per heavy atom. The van der Waals surface area contributed by atoms with Gasteiger partial charge in [-0.3, -0.25) is 0 Å². The van der Waals surface area contributed by atoms with Crippen molar-refractivity contribution in [2.45, 2.75) is 51.0 Å². The number of halogens is 1. The zero-order valence-corrected chi connectivity index (χ0v) is 13.6. The molecule has 0 aliphatic heterocycles. The second-order valence-corrected chi connectivity index (χ2v) is 8.70. The van der Waals surface area contributed by atoms with Crippen LogP contribution in [0.2, 0.25) is 0 Å². The molecule has 2 heteroatoms. The van der Waals surface area contributed by atoms with Crippen LogP contribution in [0.15, 0.2) is 28.7 Å². The van der Waals surface area contributed by atoms with Crippen molar-refractivity contribution in [2.75, 3.05) is 0 Å². The van der Waals surface area contributed by atoms with Gasteiger partial charge in [0.1, 0.15) is 0 Å². The Morgan fingerprint density at radius 1 is 1.00 bits per heavy atom. The van der Waals surface area contributed by atoms with Crippen molar-refractivity contribution >= 4 is 15.9 Å². The smallest absolute Gasteiger partial charge is 0.0300 e. The Kier molecular flexibility index (Phi) is 3.23. The van der Waals surface area contributed by atoms with Gasteiger partial charge in [-0.2, -0.15) is 0 Å². The summed E-state index contributed by atoms with van der Waals surface area (Å²) in [5.41, 5.74) is 8.44.